The number of carbonyl (C=O) groups is 1. The summed E-state index contributed by atoms with van der Waals surface area (Å²) in [4.78, 5) is 16.8. The van der Waals surface area contributed by atoms with E-state index in [2.05, 4.69) is 15.5 Å². The second kappa shape index (κ2) is 7.44. The van der Waals surface area contributed by atoms with Crippen molar-refractivity contribution in [2.45, 2.75) is 64.5 Å². The Labute approximate surface area is 136 Å². The Morgan fingerprint density at radius 1 is 1.30 bits per heavy atom. The summed E-state index contributed by atoms with van der Waals surface area (Å²) in [5.74, 6) is 1.10. The van der Waals surface area contributed by atoms with Gasteiger partial charge in [0.1, 0.15) is 5.69 Å². The van der Waals surface area contributed by atoms with Crippen LogP contribution < -0.4 is 5.32 Å². The Bertz CT molecular complexity index is 639. The Morgan fingerprint density at radius 2 is 2.04 bits per heavy atom. The maximum Gasteiger partial charge on any atom is 0.268 e. The highest BCUT2D eigenvalue weighted by atomic mass is 16.5. The summed E-state index contributed by atoms with van der Waals surface area (Å²) < 4.78 is 6.85. The predicted octanol–water partition coefficient (Wildman–Crippen LogP) is 3.07. The van der Waals surface area contributed by atoms with Crippen LogP contribution in [0.2, 0.25) is 0 Å². The number of rotatable bonds is 4. The van der Waals surface area contributed by atoms with Crippen LogP contribution in [0.3, 0.4) is 0 Å². The smallest absolute Gasteiger partial charge is 0.268 e. The minimum atomic E-state index is -0.0132. The first-order chi connectivity index (χ1) is 11.2. The van der Waals surface area contributed by atoms with E-state index in [4.69, 9.17) is 4.52 Å². The largest absolute Gasteiger partial charge is 0.348 e. The van der Waals surface area contributed by atoms with E-state index in [0.717, 1.165) is 12.8 Å². The molecule has 23 heavy (non-hydrogen) atoms. The summed E-state index contributed by atoms with van der Waals surface area (Å²) in [6.07, 6.45) is 10.3. The standard InChI is InChI=1S/C17H24N4O2/c1-13-18-16(20-23-13)12-21-11-7-10-15(21)17(22)19-14-8-5-3-2-4-6-9-14/h7,10-11,14H,2-6,8-9,12H2,1H3,(H,19,22). The predicted molar refractivity (Wildman–Crippen MR) is 86.1 cm³/mol. The van der Waals surface area contributed by atoms with E-state index in [9.17, 15) is 4.79 Å². The average molecular weight is 316 g/mol. The van der Waals surface area contributed by atoms with Gasteiger partial charge in [0.15, 0.2) is 5.82 Å². The van der Waals surface area contributed by atoms with Gasteiger partial charge in [0.25, 0.3) is 5.91 Å². The molecule has 1 fully saturated rings. The molecule has 124 valence electrons. The molecule has 6 heteroatoms. The first-order valence-corrected chi connectivity index (χ1v) is 8.47. The second-order valence-corrected chi connectivity index (χ2v) is 6.27. The van der Waals surface area contributed by atoms with Gasteiger partial charge in [-0.2, -0.15) is 4.98 Å². The molecule has 0 spiro atoms. The number of amides is 1. The molecule has 1 aliphatic carbocycles. The van der Waals surface area contributed by atoms with Crippen LogP contribution in [0.25, 0.3) is 0 Å². The Hall–Kier alpha value is -2.11. The summed E-state index contributed by atoms with van der Waals surface area (Å²) >= 11 is 0. The molecule has 6 nitrogen and oxygen atoms in total. The van der Waals surface area contributed by atoms with Crippen LogP contribution in [0.15, 0.2) is 22.9 Å². The summed E-state index contributed by atoms with van der Waals surface area (Å²) in [7, 11) is 0. The van der Waals surface area contributed by atoms with E-state index >= 15 is 0 Å². The number of carbonyl (C=O) groups excluding carboxylic acids is 1. The summed E-state index contributed by atoms with van der Waals surface area (Å²) in [6.45, 7) is 2.20. The molecular formula is C17H24N4O2. The lowest BCUT2D eigenvalue weighted by atomic mass is 9.96. The summed E-state index contributed by atoms with van der Waals surface area (Å²) in [5, 5.41) is 7.09. The van der Waals surface area contributed by atoms with Crippen molar-refractivity contribution < 1.29 is 9.32 Å². The van der Waals surface area contributed by atoms with Crippen LogP contribution in [0.1, 0.15) is 67.1 Å². The Balaban J connectivity index is 1.64. The number of hydrogen-bond acceptors (Lipinski definition) is 4. The lowest BCUT2D eigenvalue weighted by molar-refractivity contribution is 0.0921. The minimum Gasteiger partial charge on any atom is -0.348 e. The number of nitrogens with zero attached hydrogens (tertiary/aromatic N) is 3. The Kier molecular flexibility index (Phi) is 5.10. The molecular weight excluding hydrogens is 292 g/mol. The molecule has 0 saturated heterocycles. The topological polar surface area (TPSA) is 73.0 Å². The van der Waals surface area contributed by atoms with Gasteiger partial charge in [-0.05, 0) is 25.0 Å². The molecule has 1 N–H and O–H groups in total. The van der Waals surface area contributed by atoms with Gasteiger partial charge in [-0.25, -0.2) is 0 Å². The molecule has 0 bridgehead atoms. The molecule has 1 aliphatic rings. The van der Waals surface area contributed by atoms with Gasteiger partial charge < -0.3 is 14.4 Å². The van der Waals surface area contributed by atoms with E-state index in [0.29, 0.717) is 30.0 Å². The summed E-state index contributed by atoms with van der Waals surface area (Å²) in [6, 6.07) is 4.00. The van der Waals surface area contributed by atoms with Crippen LogP contribution in [0.4, 0.5) is 0 Å². The van der Waals surface area contributed by atoms with E-state index in [1.165, 1.54) is 32.1 Å². The Morgan fingerprint density at radius 3 is 2.74 bits per heavy atom. The van der Waals surface area contributed by atoms with Gasteiger partial charge in [-0.3, -0.25) is 4.79 Å². The van der Waals surface area contributed by atoms with Crippen LogP contribution in [0.5, 0.6) is 0 Å². The highest BCUT2D eigenvalue weighted by molar-refractivity contribution is 5.92. The normalized spacial score (nSPS) is 16.7. The molecule has 0 atom stereocenters. The monoisotopic (exact) mass is 316 g/mol. The molecule has 1 saturated carbocycles. The third kappa shape index (κ3) is 4.21. The van der Waals surface area contributed by atoms with Crippen molar-refractivity contribution in [3.8, 4) is 0 Å². The maximum atomic E-state index is 12.6. The molecule has 2 heterocycles. The van der Waals surface area contributed by atoms with E-state index < -0.39 is 0 Å². The molecule has 0 aliphatic heterocycles. The van der Waals surface area contributed by atoms with Gasteiger partial charge in [0.2, 0.25) is 5.89 Å². The highest BCUT2D eigenvalue weighted by Crippen LogP contribution is 2.17. The van der Waals surface area contributed by atoms with Crippen molar-refractivity contribution in [1.82, 2.24) is 20.0 Å². The third-order valence-corrected chi connectivity index (χ3v) is 4.38. The molecule has 0 unspecified atom stereocenters. The fourth-order valence-electron chi connectivity index (χ4n) is 3.18. The zero-order valence-electron chi connectivity index (χ0n) is 13.6. The van der Waals surface area contributed by atoms with Gasteiger partial charge in [0.05, 0.1) is 6.54 Å². The number of aryl methyl sites for hydroxylation is 1. The number of hydrogen-bond donors (Lipinski definition) is 1. The first-order valence-electron chi connectivity index (χ1n) is 8.47. The summed E-state index contributed by atoms with van der Waals surface area (Å²) in [5.41, 5.74) is 0.648. The quantitative estimate of drug-likeness (QED) is 0.941. The lowest BCUT2D eigenvalue weighted by Crippen LogP contribution is -2.36. The zero-order chi connectivity index (χ0) is 16.1. The van der Waals surface area contributed by atoms with Crippen LogP contribution in [-0.2, 0) is 6.54 Å². The van der Waals surface area contributed by atoms with E-state index in [1.54, 1.807) is 6.92 Å². The molecule has 1 amide bonds. The van der Waals surface area contributed by atoms with Crippen molar-refractivity contribution in [2.24, 2.45) is 0 Å². The zero-order valence-corrected chi connectivity index (χ0v) is 13.6. The van der Waals surface area contributed by atoms with E-state index in [1.807, 2.05) is 22.9 Å². The van der Waals surface area contributed by atoms with E-state index in [-0.39, 0.29) is 5.91 Å². The second-order valence-electron chi connectivity index (χ2n) is 6.27. The highest BCUT2D eigenvalue weighted by Gasteiger charge is 2.18. The molecule has 0 aromatic carbocycles. The van der Waals surface area contributed by atoms with Gasteiger partial charge in [0, 0.05) is 19.2 Å². The van der Waals surface area contributed by atoms with Gasteiger partial charge in [-0.15, -0.1) is 0 Å². The fraction of sp³-hybridized carbons (Fsp3) is 0.588. The lowest BCUT2D eigenvalue weighted by Gasteiger charge is -2.21. The fourth-order valence-corrected chi connectivity index (χ4v) is 3.18. The van der Waals surface area contributed by atoms with Gasteiger partial charge in [-0.1, -0.05) is 37.3 Å². The molecule has 2 aromatic rings. The molecule has 2 aromatic heterocycles. The van der Waals surface area contributed by atoms with Crippen molar-refractivity contribution in [3.63, 3.8) is 0 Å². The van der Waals surface area contributed by atoms with Crippen LogP contribution in [0, 0.1) is 6.92 Å². The molecule has 3 rings (SSSR count). The van der Waals surface area contributed by atoms with Gasteiger partial charge >= 0.3 is 0 Å². The van der Waals surface area contributed by atoms with Crippen molar-refractivity contribution in [3.05, 3.63) is 35.7 Å². The number of aromatic nitrogens is 3. The van der Waals surface area contributed by atoms with Crippen molar-refractivity contribution in [2.75, 3.05) is 0 Å². The van der Waals surface area contributed by atoms with Crippen molar-refractivity contribution >= 4 is 5.91 Å². The minimum absolute atomic E-state index is 0.0132. The first kappa shape index (κ1) is 15.8. The van der Waals surface area contributed by atoms with Crippen LogP contribution in [-0.4, -0.2) is 26.7 Å². The third-order valence-electron chi connectivity index (χ3n) is 4.38. The molecule has 0 radical (unpaired) electrons. The van der Waals surface area contributed by atoms with Crippen molar-refractivity contribution in [1.29, 1.82) is 0 Å². The average Bonchev–Trinajstić information content (AvgIpc) is 3.11. The SMILES string of the molecule is Cc1nc(Cn2cccc2C(=O)NC2CCCCCCC2)no1. The van der Waals surface area contributed by atoms with Crippen LogP contribution >= 0.6 is 0 Å². The number of nitrogens with one attached hydrogen (secondary N) is 1. The maximum absolute atomic E-state index is 12.6.